The first kappa shape index (κ1) is 13.8. The second-order valence-electron chi connectivity index (χ2n) is 6.02. The maximum atomic E-state index is 5.10. The van der Waals surface area contributed by atoms with Crippen molar-refractivity contribution in [2.75, 3.05) is 0 Å². The lowest BCUT2D eigenvalue weighted by molar-refractivity contribution is 1.17. The van der Waals surface area contributed by atoms with E-state index < -0.39 is 0 Å². The van der Waals surface area contributed by atoms with Gasteiger partial charge in [-0.2, -0.15) is 0 Å². The zero-order chi connectivity index (χ0) is 15.8. The number of hydrogen-bond acceptors (Lipinski definition) is 0. The summed E-state index contributed by atoms with van der Waals surface area (Å²) in [6.45, 7) is 4.26. The molecule has 0 aromatic heterocycles. The van der Waals surface area contributed by atoms with Gasteiger partial charge in [0.1, 0.15) is 0 Å². The molecule has 4 aromatic carbocycles. The lowest BCUT2D eigenvalue weighted by atomic mass is 10.0. The van der Waals surface area contributed by atoms with Gasteiger partial charge in [-0.1, -0.05) is 72.8 Å². The molecule has 0 spiro atoms. The van der Waals surface area contributed by atoms with Crippen LogP contribution in [-0.2, 0) is 0 Å². The Hall–Kier alpha value is -2.80. The van der Waals surface area contributed by atoms with Gasteiger partial charge in [0, 0.05) is 10.8 Å². The third kappa shape index (κ3) is 2.35. The summed E-state index contributed by atoms with van der Waals surface area (Å²) in [6.07, 6.45) is 0. The molecule has 0 amide bonds. The molecule has 0 bridgehead atoms. The van der Waals surface area contributed by atoms with Crippen LogP contribution in [0.4, 0.5) is 11.4 Å². The normalized spacial score (nSPS) is 11.0. The van der Waals surface area contributed by atoms with Crippen LogP contribution in [0.1, 0.15) is 11.1 Å². The molecule has 0 saturated heterocycles. The zero-order valence-electron chi connectivity index (χ0n) is 13.4. The lowest BCUT2D eigenvalue weighted by Gasteiger charge is -2.14. The molecule has 1 radical (unpaired) electrons. The second kappa shape index (κ2) is 5.44. The van der Waals surface area contributed by atoms with Gasteiger partial charge in [-0.05, 0) is 35.7 Å². The van der Waals surface area contributed by atoms with Gasteiger partial charge < -0.3 is 0 Å². The lowest BCUT2D eigenvalue weighted by Crippen LogP contribution is -1.96. The summed E-state index contributed by atoms with van der Waals surface area (Å²) in [4.78, 5) is 0. The highest BCUT2D eigenvalue weighted by Gasteiger charge is 2.11. The highest BCUT2D eigenvalue weighted by molar-refractivity contribution is 5.99. The predicted octanol–water partition coefficient (Wildman–Crippen LogP) is 6.18. The van der Waals surface area contributed by atoms with Crippen LogP contribution in [0.3, 0.4) is 0 Å². The van der Waals surface area contributed by atoms with E-state index in [1.54, 1.807) is 0 Å². The van der Waals surface area contributed by atoms with Gasteiger partial charge in [-0.3, -0.25) is 0 Å². The molecule has 0 fully saturated rings. The number of nitrogens with zero attached hydrogens (tertiary/aromatic N) is 1. The van der Waals surface area contributed by atoms with E-state index >= 15 is 0 Å². The van der Waals surface area contributed by atoms with Crippen molar-refractivity contribution in [3.05, 3.63) is 83.9 Å². The van der Waals surface area contributed by atoms with Gasteiger partial charge in [0.2, 0.25) is 0 Å². The number of rotatable bonds is 2. The Balaban J connectivity index is 1.95. The fraction of sp³-hybridized carbons (Fsp3) is 0.0909. The van der Waals surface area contributed by atoms with Gasteiger partial charge in [-0.15, -0.1) is 0 Å². The van der Waals surface area contributed by atoms with Crippen LogP contribution in [0.25, 0.3) is 21.5 Å². The fourth-order valence-electron chi connectivity index (χ4n) is 3.14. The number of fused-ring (bicyclic) bond motifs is 2. The Morgan fingerprint density at radius 3 is 1.43 bits per heavy atom. The molecule has 4 aromatic rings. The molecule has 0 aliphatic rings. The molecular weight excluding hydrogens is 278 g/mol. The highest BCUT2D eigenvalue weighted by atomic mass is 14.9. The zero-order valence-corrected chi connectivity index (χ0v) is 13.4. The monoisotopic (exact) mass is 296 g/mol. The van der Waals surface area contributed by atoms with Crippen molar-refractivity contribution in [1.29, 1.82) is 0 Å². The Morgan fingerprint density at radius 1 is 0.522 bits per heavy atom. The molecule has 0 heterocycles. The molecule has 1 heteroatoms. The average Bonchev–Trinajstić information content (AvgIpc) is 2.59. The first-order valence-corrected chi connectivity index (χ1v) is 7.92. The van der Waals surface area contributed by atoms with E-state index in [2.05, 4.69) is 86.6 Å². The van der Waals surface area contributed by atoms with Gasteiger partial charge >= 0.3 is 0 Å². The van der Waals surface area contributed by atoms with E-state index in [4.69, 9.17) is 5.32 Å². The van der Waals surface area contributed by atoms with E-state index in [1.165, 1.54) is 32.7 Å². The van der Waals surface area contributed by atoms with E-state index in [1.807, 2.05) is 0 Å². The maximum Gasteiger partial charge on any atom is 0.0744 e. The molecule has 0 unspecified atom stereocenters. The van der Waals surface area contributed by atoms with Gasteiger partial charge in [-0.25, -0.2) is 5.32 Å². The van der Waals surface area contributed by atoms with Crippen molar-refractivity contribution in [2.45, 2.75) is 13.8 Å². The smallest absolute Gasteiger partial charge is 0.0744 e. The van der Waals surface area contributed by atoms with Crippen molar-refractivity contribution in [2.24, 2.45) is 0 Å². The van der Waals surface area contributed by atoms with Gasteiger partial charge in [0.25, 0.3) is 0 Å². The van der Waals surface area contributed by atoms with Crippen molar-refractivity contribution in [3.8, 4) is 0 Å². The van der Waals surface area contributed by atoms with Crippen molar-refractivity contribution < 1.29 is 0 Å². The first-order valence-electron chi connectivity index (χ1n) is 7.92. The van der Waals surface area contributed by atoms with Crippen molar-refractivity contribution in [1.82, 2.24) is 5.32 Å². The minimum absolute atomic E-state index is 1.07. The van der Waals surface area contributed by atoms with Crippen molar-refractivity contribution >= 4 is 32.9 Å². The van der Waals surface area contributed by atoms with Gasteiger partial charge in [0.15, 0.2) is 0 Å². The summed E-state index contributed by atoms with van der Waals surface area (Å²) in [7, 11) is 0. The molecular formula is C22H18N. The summed E-state index contributed by atoms with van der Waals surface area (Å²) in [5.74, 6) is 0. The Kier molecular flexibility index (Phi) is 3.27. The first-order chi connectivity index (χ1) is 11.2. The molecule has 0 N–H and O–H groups in total. The molecule has 0 aliphatic carbocycles. The topological polar surface area (TPSA) is 14.1 Å². The van der Waals surface area contributed by atoms with Crippen LogP contribution in [0.15, 0.2) is 72.8 Å². The molecule has 4 rings (SSSR count). The maximum absolute atomic E-state index is 5.10. The van der Waals surface area contributed by atoms with Crippen LogP contribution < -0.4 is 5.32 Å². The minimum atomic E-state index is 1.07. The van der Waals surface area contributed by atoms with E-state index in [-0.39, 0.29) is 0 Å². The standard InChI is InChI=1S/C22H18N/c1-15-11-13-17-7-3-5-9-19(17)21(15)23-22-16(2)12-14-18-8-4-6-10-20(18)22/h3-14H,1-2H3. The fourth-order valence-corrected chi connectivity index (χ4v) is 3.14. The SMILES string of the molecule is Cc1ccc2ccccc2c1[N]c1c(C)ccc2ccccc12. The van der Waals surface area contributed by atoms with Crippen LogP contribution in [0.2, 0.25) is 0 Å². The van der Waals surface area contributed by atoms with Gasteiger partial charge in [0.05, 0.1) is 11.4 Å². The second-order valence-corrected chi connectivity index (χ2v) is 6.02. The van der Waals surface area contributed by atoms with Crippen LogP contribution >= 0.6 is 0 Å². The Morgan fingerprint density at radius 2 is 0.957 bits per heavy atom. The molecule has 111 valence electrons. The quantitative estimate of drug-likeness (QED) is 0.419. The summed E-state index contributed by atoms with van der Waals surface area (Å²) < 4.78 is 0. The van der Waals surface area contributed by atoms with Crippen molar-refractivity contribution in [3.63, 3.8) is 0 Å². The van der Waals surface area contributed by atoms with E-state index in [0.29, 0.717) is 0 Å². The summed E-state index contributed by atoms with van der Waals surface area (Å²) >= 11 is 0. The highest BCUT2D eigenvalue weighted by Crippen LogP contribution is 2.35. The Labute approximate surface area is 136 Å². The summed E-state index contributed by atoms with van der Waals surface area (Å²) in [5, 5.41) is 9.98. The summed E-state index contributed by atoms with van der Waals surface area (Å²) in [5.41, 5.74) is 4.55. The number of benzene rings is 4. The van der Waals surface area contributed by atoms with Crippen LogP contribution in [-0.4, -0.2) is 0 Å². The molecule has 1 nitrogen and oxygen atoms in total. The predicted molar refractivity (Wildman–Crippen MR) is 98.8 cm³/mol. The Bertz CT molecular complexity index is 931. The molecule has 0 atom stereocenters. The third-order valence-corrected chi connectivity index (χ3v) is 4.43. The molecule has 0 aliphatic heterocycles. The van der Waals surface area contributed by atoms with Crippen LogP contribution in [0, 0.1) is 13.8 Å². The summed E-state index contributed by atoms with van der Waals surface area (Å²) in [6, 6.07) is 25.5. The van der Waals surface area contributed by atoms with E-state index in [0.717, 1.165) is 11.4 Å². The largest absolute Gasteiger partial charge is 0.247 e. The average molecular weight is 296 g/mol. The number of hydrogen-bond donors (Lipinski definition) is 0. The number of aryl methyl sites for hydroxylation is 2. The minimum Gasteiger partial charge on any atom is -0.247 e. The van der Waals surface area contributed by atoms with E-state index in [9.17, 15) is 0 Å². The third-order valence-electron chi connectivity index (χ3n) is 4.43. The van der Waals surface area contributed by atoms with Crippen LogP contribution in [0.5, 0.6) is 0 Å². The molecule has 0 saturated carbocycles. The molecule has 23 heavy (non-hydrogen) atoms.